The lowest BCUT2D eigenvalue weighted by Crippen LogP contribution is -2.50. The van der Waals surface area contributed by atoms with E-state index >= 15 is 0 Å². The van der Waals surface area contributed by atoms with Gasteiger partial charge in [0.15, 0.2) is 0 Å². The fourth-order valence-electron chi connectivity index (χ4n) is 4.31. The molecule has 1 amide bonds. The van der Waals surface area contributed by atoms with Crippen molar-refractivity contribution in [1.82, 2.24) is 21.1 Å². The average molecular weight is 372 g/mol. The second-order valence-electron chi connectivity index (χ2n) is 8.14. The number of amides is 1. The van der Waals surface area contributed by atoms with E-state index in [4.69, 9.17) is 0 Å². The summed E-state index contributed by atoms with van der Waals surface area (Å²) >= 11 is 0. The van der Waals surface area contributed by atoms with E-state index in [2.05, 4.69) is 33.2 Å². The third-order valence-electron chi connectivity index (χ3n) is 5.91. The number of hydrogen-bond acceptors (Lipinski definition) is 5. The summed E-state index contributed by atoms with van der Waals surface area (Å²) in [4.78, 5) is 26.3. The van der Waals surface area contributed by atoms with Crippen LogP contribution in [0.1, 0.15) is 30.9 Å². The zero-order valence-electron chi connectivity index (χ0n) is 15.4. The first kappa shape index (κ1) is 18.4. The number of carboxylic acids is 1. The van der Waals surface area contributed by atoms with Crippen LogP contribution < -0.4 is 16.2 Å². The summed E-state index contributed by atoms with van der Waals surface area (Å²) in [6.45, 7) is 2.75. The molecule has 0 radical (unpaired) electrons. The molecule has 7 nitrogen and oxygen atoms in total. The van der Waals surface area contributed by atoms with Crippen molar-refractivity contribution in [1.29, 1.82) is 0 Å². The lowest BCUT2D eigenvalue weighted by atomic mass is 9.87. The normalized spacial score (nSPS) is 31.6. The van der Waals surface area contributed by atoms with Crippen molar-refractivity contribution < 1.29 is 14.7 Å². The summed E-state index contributed by atoms with van der Waals surface area (Å²) in [6.07, 6.45) is 2.53. The minimum Gasteiger partial charge on any atom is -0.481 e. The summed E-state index contributed by atoms with van der Waals surface area (Å²) in [7, 11) is 0. The van der Waals surface area contributed by atoms with Crippen LogP contribution in [0.4, 0.5) is 0 Å². The fraction of sp³-hybridized carbons (Fsp3) is 0.600. The van der Waals surface area contributed by atoms with E-state index in [0.29, 0.717) is 31.5 Å². The van der Waals surface area contributed by atoms with Gasteiger partial charge in [0, 0.05) is 38.1 Å². The summed E-state index contributed by atoms with van der Waals surface area (Å²) in [5, 5.41) is 12.6. The van der Waals surface area contributed by atoms with Crippen LogP contribution in [-0.2, 0) is 9.59 Å². The van der Waals surface area contributed by atoms with Crippen molar-refractivity contribution in [3.63, 3.8) is 0 Å². The number of hydrogen-bond donors (Lipinski definition) is 4. The topological polar surface area (TPSA) is 93.7 Å². The van der Waals surface area contributed by atoms with Crippen LogP contribution in [0.15, 0.2) is 30.3 Å². The van der Waals surface area contributed by atoms with Gasteiger partial charge >= 0.3 is 5.97 Å². The largest absolute Gasteiger partial charge is 0.481 e. The van der Waals surface area contributed by atoms with Crippen LogP contribution in [0.2, 0.25) is 0 Å². The number of carbonyl (C=O) groups is 2. The molecule has 2 heterocycles. The van der Waals surface area contributed by atoms with E-state index < -0.39 is 11.9 Å². The maximum atomic E-state index is 12.5. The van der Waals surface area contributed by atoms with Gasteiger partial charge in [-0.15, -0.1) is 0 Å². The van der Waals surface area contributed by atoms with Crippen LogP contribution >= 0.6 is 0 Å². The minimum atomic E-state index is -0.800. The Morgan fingerprint density at radius 1 is 1.15 bits per heavy atom. The molecule has 27 heavy (non-hydrogen) atoms. The SMILES string of the molecule is O=C(O)[C@@H]1C[C@@H](C(=O)NC2CC2)CN(CC2CNNC2c2ccccc2)C1. The summed E-state index contributed by atoms with van der Waals surface area (Å²) in [6, 6.07) is 10.8. The van der Waals surface area contributed by atoms with Crippen LogP contribution in [-0.4, -0.2) is 54.1 Å². The van der Waals surface area contributed by atoms with Crippen LogP contribution in [0.25, 0.3) is 0 Å². The Balaban J connectivity index is 1.42. The van der Waals surface area contributed by atoms with E-state index in [1.54, 1.807) is 0 Å². The number of nitrogens with one attached hydrogen (secondary N) is 3. The van der Waals surface area contributed by atoms with Crippen LogP contribution in [0.3, 0.4) is 0 Å². The molecule has 4 N–H and O–H groups in total. The maximum absolute atomic E-state index is 12.5. The Kier molecular flexibility index (Phi) is 5.43. The van der Waals surface area contributed by atoms with E-state index in [1.807, 2.05) is 18.2 Å². The smallest absolute Gasteiger partial charge is 0.307 e. The maximum Gasteiger partial charge on any atom is 0.307 e. The van der Waals surface area contributed by atoms with Crippen molar-refractivity contribution in [2.45, 2.75) is 31.3 Å². The molecule has 7 heteroatoms. The highest BCUT2D eigenvalue weighted by Gasteiger charge is 2.39. The van der Waals surface area contributed by atoms with Gasteiger partial charge in [0.2, 0.25) is 5.91 Å². The van der Waals surface area contributed by atoms with Gasteiger partial charge in [0.25, 0.3) is 0 Å². The molecule has 146 valence electrons. The molecular weight excluding hydrogens is 344 g/mol. The zero-order chi connectivity index (χ0) is 18.8. The zero-order valence-corrected chi connectivity index (χ0v) is 15.4. The number of benzene rings is 1. The predicted octanol–water partition coefficient (Wildman–Crippen LogP) is 0.753. The summed E-state index contributed by atoms with van der Waals surface area (Å²) in [5.74, 6) is -1.17. The Hall–Kier alpha value is -1.96. The molecule has 0 aromatic heterocycles. The third-order valence-corrected chi connectivity index (χ3v) is 5.91. The Morgan fingerprint density at radius 2 is 1.89 bits per heavy atom. The number of carboxylic acid groups (broad SMARTS) is 1. The monoisotopic (exact) mass is 372 g/mol. The molecule has 2 saturated heterocycles. The quantitative estimate of drug-likeness (QED) is 0.589. The second kappa shape index (κ2) is 7.96. The van der Waals surface area contributed by atoms with Crippen molar-refractivity contribution >= 4 is 11.9 Å². The highest BCUT2D eigenvalue weighted by Crippen LogP contribution is 2.29. The van der Waals surface area contributed by atoms with Gasteiger partial charge in [-0.1, -0.05) is 30.3 Å². The van der Waals surface area contributed by atoms with Crippen molar-refractivity contribution in [3.8, 4) is 0 Å². The number of rotatable bonds is 6. The summed E-state index contributed by atoms with van der Waals surface area (Å²) < 4.78 is 0. The Labute approximate surface area is 159 Å². The summed E-state index contributed by atoms with van der Waals surface area (Å²) in [5.41, 5.74) is 7.81. The molecule has 0 spiro atoms. The van der Waals surface area contributed by atoms with Gasteiger partial charge < -0.3 is 15.3 Å². The number of likely N-dealkylation sites (tertiary alicyclic amines) is 1. The highest BCUT2D eigenvalue weighted by atomic mass is 16.4. The van der Waals surface area contributed by atoms with Gasteiger partial charge in [-0.2, -0.15) is 0 Å². The molecule has 1 saturated carbocycles. The van der Waals surface area contributed by atoms with Crippen LogP contribution in [0, 0.1) is 17.8 Å². The predicted molar refractivity (Wildman–Crippen MR) is 101 cm³/mol. The standard InChI is InChI=1S/C20H28N4O3/c25-19(22-17-6-7-17)14-8-15(20(26)27)11-24(10-14)12-16-9-21-23-18(16)13-4-2-1-3-5-13/h1-5,14-18,21,23H,6-12H2,(H,22,25)(H,26,27)/t14-,15-,16?,18?/m1/s1. The molecule has 2 unspecified atom stereocenters. The van der Waals surface area contributed by atoms with Gasteiger partial charge in [0.05, 0.1) is 17.9 Å². The van der Waals surface area contributed by atoms with Gasteiger partial charge in [-0.3, -0.25) is 15.0 Å². The molecule has 4 atom stereocenters. The number of nitrogens with zero attached hydrogens (tertiary/aromatic N) is 1. The van der Waals surface area contributed by atoms with E-state index in [0.717, 1.165) is 25.9 Å². The van der Waals surface area contributed by atoms with Gasteiger partial charge in [-0.25, -0.2) is 5.43 Å². The van der Waals surface area contributed by atoms with E-state index in [9.17, 15) is 14.7 Å². The first-order chi connectivity index (χ1) is 13.1. The number of aliphatic carboxylic acids is 1. The molecule has 1 aliphatic carbocycles. The molecule has 3 fully saturated rings. The Morgan fingerprint density at radius 3 is 2.59 bits per heavy atom. The second-order valence-corrected chi connectivity index (χ2v) is 8.14. The van der Waals surface area contributed by atoms with Crippen LogP contribution in [0.5, 0.6) is 0 Å². The molecular formula is C20H28N4O3. The van der Waals surface area contributed by atoms with Crippen molar-refractivity contribution in [2.24, 2.45) is 17.8 Å². The third kappa shape index (κ3) is 4.48. The van der Waals surface area contributed by atoms with E-state index in [1.165, 1.54) is 5.56 Å². The number of hydrazine groups is 1. The average Bonchev–Trinajstić information content (AvgIpc) is 3.37. The van der Waals surface area contributed by atoms with Gasteiger partial charge in [0.1, 0.15) is 0 Å². The Bertz CT molecular complexity index is 679. The fourth-order valence-corrected chi connectivity index (χ4v) is 4.31. The first-order valence-electron chi connectivity index (χ1n) is 9.89. The van der Waals surface area contributed by atoms with E-state index in [-0.39, 0.29) is 17.9 Å². The molecule has 2 aliphatic heterocycles. The molecule has 3 aliphatic rings. The lowest BCUT2D eigenvalue weighted by molar-refractivity contribution is -0.145. The lowest BCUT2D eigenvalue weighted by Gasteiger charge is -2.37. The number of carbonyl (C=O) groups excluding carboxylic acids is 1. The molecule has 4 rings (SSSR count). The number of piperidine rings is 1. The van der Waals surface area contributed by atoms with Gasteiger partial charge in [-0.05, 0) is 24.8 Å². The molecule has 1 aromatic rings. The molecule has 0 bridgehead atoms. The van der Waals surface area contributed by atoms with Crippen molar-refractivity contribution in [3.05, 3.63) is 35.9 Å². The minimum absolute atomic E-state index is 0.0238. The highest BCUT2D eigenvalue weighted by molar-refractivity contribution is 5.81. The molecule has 1 aromatic carbocycles. The first-order valence-corrected chi connectivity index (χ1v) is 9.89. The van der Waals surface area contributed by atoms with Crippen molar-refractivity contribution in [2.75, 3.05) is 26.2 Å².